The first-order valence-electron chi connectivity index (χ1n) is 7.29. The number of imide groups is 1. The molecule has 1 heterocycles. The Bertz CT molecular complexity index is 799. The van der Waals surface area contributed by atoms with Crippen molar-refractivity contribution in [3.05, 3.63) is 46.2 Å². The molecule has 10 nitrogen and oxygen atoms in total. The van der Waals surface area contributed by atoms with Gasteiger partial charge < -0.3 is 10.6 Å². The average molecular weight is 375 g/mol. The number of carbonyl (C=O) groups is 3. The third-order valence-corrected chi connectivity index (χ3v) is 4.13. The van der Waals surface area contributed by atoms with Crippen LogP contribution in [-0.2, 0) is 9.59 Å². The van der Waals surface area contributed by atoms with Crippen molar-refractivity contribution in [1.82, 2.24) is 10.2 Å². The molecule has 0 radical (unpaired) electrons. The third kappa shape index (κ3) is 4.81. The zero-order chi connectivity index (χ0) is 19.1. The molecule has 0 atom stereocenters. The largest absolute Gasteiger partial charge is 0.388 e. The highest BCUT2D eigenvalue weighted by Crippen LogP contribution is 2.18. The SMILES string of the molecule is N#C/C(=C/NCCN1C(=O)CSC1=O)C(=O)Nc1ccc([N+](=O)[O-])cc1. The Morgan fingerprint density at radius 2 is 2.08 bits per heavy atom. The number of nitrogens with one attached hydrogen (secondary N) is 2. The van der Waals surface area contributed by atoms with Crippen LogP contribution in [0.3, 0.4) is 0 Å². The molecule has 2 N–H and O–H groups in total. The van der Waals surface area contributed by atoms with Crippen LogP contribution in [0.4, 0.5) is 16.2 Å². The van der Waals surface area contributed by atoms with Gasteiger partial charge in [0.2, 0.25) is 5.91 Å². The predicted octanol–water partition coefficient (Wildman–Crippen LogP) is 1.23. The van der Waals surface area contributed by atoms with Crippen molar-refractivity contribution >= 4 is 40.2 Å². The van der Waals surface area contributed by atoms with Crippen molar-refractivity contribution in [2.24, 2.45) is 0 Å². The number of hydrogen-bond acceptors (Lipinski definition) is 8. The van der Waals surface area contributed by atoms with E-state index < -0.39 is 10.8 Å². The molecule has 1 aliphatic heterocycles. The Morgan fingerprint density at radius 3 is 2.62 bits per heavy atom. The van der Waals surface area contributed by atoms with Gasteiger partial charge in [0.05, 0.1) is 10.7 Å². The minimum absolute atomic E-state index is 0.120. The third-order valence-electron chi connectivity index (χ3n) is 3.27. The van der Waals surface area contributed by atoms with Crippen LogP contribution in [0.15, 0.2) is 36.0 Å². The summed E-state index contributed by atoms with van der Waals surface area (Å²) in [6.07, 6.45) is 1.18. The lowest BCUT2D eigenvalue weighted by molar-refractivity contribution is -0.384. The van der Waals surface area contributed by atoms with Crippen LogP contribution in [0.5, 0.6) is 0 Å². The van der Waals surface area contributed by atoms with E-state index in [1.807, 2.05) is 0 Å². The van der Waals surface area contributed by atoms with Crippen molar-refractivity contribution in [2.45, 2.75) is 0 Å². The summed E-state index contributed by atoms with van der Waals surface area (Å²) in [7, 11) is 0. The second kappa shape index (κ2) is 8.63. The Labute approximate surface area is 152 Å². The van der Waals surface area contributed by atoms with E-state index in [4.69, 9.17) is 5.26 Å². The Balaban J connectivity index is 1.88. The van der Waals surface area contributed by atoms with Crippen LogP contribution in [0.2, 0.25) is 0 Å². The van der Waals surface area contributed by atoms with Crippen molar-refractivity contribution in [2.75, 3.05) is 24.2 Å². The van der Waals surface area contributed by atoms with E-state index in [-0.39, 0.29) is 41.2 Å². The van der Waals surface area contributed by atoms with Gasteiger partial charge in [-0.3, -0.25) is 29.4 Å². The number of nitro groups is 1. The van der Waals surface area contributed by atoms with E-state index in [0.717, 1.165) is 16.7 Å². The number of amides is 3. The highest BCUT2D eigenvalue weighted by atomic mass is 32.2. The summed E-state index contributed by atoms with van der Waals surface area (Å²) in [5.41, 5.74) is -0.0475. The van der Waals surface area contributed by atoms with Gasteiger partial charge in [-0.25, -0.2) is 0 Å². The van der Waals surface area contributed by atoms with Gasteiger partial charge in [-0.1, -0.05) is 11.8 Å². The van der Waals surface area contributed by atoms with Gasteiger partial charge in [0.1, 0.15) is 11.6 Å². The van der Waals surface area contributed by atoms with E-state index in [9.17, 15) is 24.5 Å². The van der Waals surface area contributed by atoms with E-state index >= 15 is 0 Å². The van der Waals surface area contributed by atoms with Gasteiger partial charge in [-0.05, 0) is 12.1 Å². The van der Waals surface area contributed by atoms with Crippen molar-refractivity contribution in [1.29, 1.82) is 5.26 Å². The standard InChI is InChI=1S/C15H13N5O5S/c16-7-10(8-17-5-6-19-13(21)9-26-15(19)23)14(22)18-11-1-3-12(4-2-11)20(24)25/h1-4,8,17H,5-6,9H2,(H,18,22)/b10-8-. The number of benzene rings is 1. The fourth-order valence-corrected chi connectivity index (χ4v) is 2.71. The normalized spacial score (nSPS) is 14.1. The van der Waals surface area contributed by atoms with Gasteiger partial charge in [-0.15, -0.1) is 0 Å². The van der Waals surface area contributed by atoms with Gasteiger partial charge >= 0.3 is 0 Å². The number of nitriles is 1. The highest BCUT2D eigenvalue weighted by molar-refractivity contribution is 8.14. The van der Waals surface area contributed by atoms with E-state index in [1.165, 1.54) is 30.5 Å². The first-order chi connectivity index (χ1) is 12.4. The molecular weight excluding hydrogens is 362 g/mol. The predicted molar refractivity (Wildman–Crippen MR) is 93.0 cm³/mol. The monoisotopic (exact) mass is 375 g/mol. The maximum atomic E-state index is 12.0. The minimum Gasteiger partial charge on any atom is -0.388 e. The van der Waals surface area contributed by atoms with E-state index in [0.29, 0.717) is 5.69 Å². The molecular formula is C15H13N5O5S. The zero-order valence-corrected chi connectivity index (χ0v) is 14.1. The molecule has 0 bridgehead atoms. The Morgan fingerprint density at radius 1 is 1.38 bits per heavy atom. The number of carbonyl (C=O) groups excluding carboxylic acids is 3. The van der Waals surface area contributed by atoms with Crippen LogP contribution in [0.1, 0.15) is 0 Å². The minimum atomic E-state index is -0.697. The van der Waals surface area contributed by atoms with Crippen LogP contribution >= 0.6 is 11.8 Å². The van der Waals surface area contributed by atoms with E-state index in [1.54, 1.807) is 6.07 Å². The second-order valence-corrected chi connectivity index (χ2v) is 5.91. The summed E-state index contributed by atoms with van der Waals surface area (Å²) >= 11 is 0.927. The summed E-state index contributed by atoms with van der Waals surface area (Å²) in [6.45, 7) is 0.317. The zero-order valence-electron chi connectivity index (χ0n) is 13.3. The molecule has 0 saturated carbocycles. The smallest absolute Gasteiger partial charge is 0.288 e. The maximum absolute atomic E-state index is 12.0. The number of anilines is 1. The molecule has 0 unspecified atom stereocenters. The average Bonchev–Trinajstić information content (AvgIpc) is 2.93. The number of hydrogen-bond donors (Lipinski definition) is 2. The van der Waals surface area contributed by atoms with Crippen LogP contribution in [0.25, 0.3) is 0 Å². The first-order valence-corrected chi connectivity index (χ1v) is 8.27. The fourth-order valence-electron chi connectivity index (χ4n) is 1.96. The topological polar surface area (TPSA) is 145 Å². The summed E-state index contributed by atoms with van der Waals surface area (Å²) in [5, 5.41) is 24.5. The molecule has 2 rings (SSSR count). The lowest BCUT2D eigenvalue weighted by atomic mass is 10.2. The molecule has 26 heavy (non-hydrogen) atoms. The van der Waals surface area contributed by atoms with Gasteiger partial charge in [-0.2, -0.15) is 5.26 Å². The molecule has 11 heteroatoms. The fraction of sp³-hybridized carbons (Fsp3) is 0.200. The van der Waals surface area contributed by atoms with Crippen LogP contribution in [0, 0.1) is 21.4 Å². The van der Waals surface area contributed by atoms with Gasteiger partial charge in [0.25, 0.3) is 16.8 Å². The first kappa shape index (κ1) is 18.9. The molecule has 134 valence electrons. The number of thioether (sulfide) groups is 1. The van der Waals surface area contributed by atoms with Gasteiger partial charge in [0.15, 0.2) is 0 Å². The maximum Gasteiger partial charge on any atom is 0.288 e. The lowest BCUT2D eigenvalue weighted by Crippen LogP contribution is -2.34. The molecule has 0 aromatic heterocycles. The highest BCUT2D eigenvalue weighted by Gasteiger charge is 2.28. The molecule has 1 aromatic carbocycles. The number of rotatable bonds is 7. The number of nitro benzene ring substituents is 1. The van der Waals surface area contributed by atoms with Gasteiger partial charge in [0, 0.05) is 37.1 Å². The Hall–Kier alpha value is -3.39. The molecule has 1 aromatic rings. The van der Waals surface area contributed by atoms with Crippen LogP contribution < -0.4 is 10.6 Å². The number of nitrogens with zero attached hydrogens (tertiary/aromatic N) is 3. The Kier molecular flexibility index (Phi) is 6.29. The van der Waals surface area contributed by atoms with Crippen LogP contribution in [-0.4, -0.2) is 45.7 Å². The molecule has 0 spiro atoms. The molecule has 1 fully saturated rings. The summed E-state index contributed by atoms with van der Waals surface area (Å²) < 4.78 is 0. The van der Waals surface area contributed by atoms with Crippen molar-refractivity contribution < 1.29 is 19.3 Å². The second-order valence-electron chi connectivity index (χ2n) is 4.98. The molecule has 1 saturated heterocycles. The van der Waals surface area contributed by atoms with Crippen molar-refractivity contribution in [3.63, 3.8) is 0 Å². The quantitative estimate of drug-likeness (QED) is 0.238. The molecule has 3 amide bonds. The van der Waals surface area contributed by atoms with E-state index in [2.05, 4.69) is 10.6 Å². The summed E-state index contributed by atoms with van der Waals surface area (Å²) in [5.74, 6) is -0.851. The lowest BCUT2D eigenvalue weighted by Gasteiger charge is -2.12. The summed E-state index contributed by atoms with van der Waals surface area (Å²) in [6, 6.07) is 6.88. The molecule has 0 aliphatic carbocycles. The van der Waals surface area contributed by atoms with Crippen molar-refractivity contribution in [3.8, 4) is 6.07 Å². The number of non-ortho nitro benzene ring substituents is 1. The molecule has 1 aliphatic rings. The summed E-state index contributed by atoms with van der Waals surface area (Å²) in [4.78, 5) is 46.0.